The van der Waals surface area contributed by atoms with E-state index in [0.29, 0.717) is 18.6 Å². The van der Waals surface area contributed by atoms with Crippen molar-refractivity contribution in [1.29, 1.82) is 0 Å². The summed E-state index contributed by atoms with van der Waals surface area (Å²) < 4.78 is 12.1. The highest BCUT2D eigenvalue weighted by atomic mass is 32.2. The van der Waals surface area contributed by atoms with Gasteiger partial charge in [-0.3, -0.25) is 9.00 Å². The molecule has 1 aliphatic rings. The normalized spacial score (nSPS) is 21.8. The van der Waals surface area contributed by atoms with E-state index in [0.717, 1.165) is 31.2 Å². The number of aliphatic carboxylic acids is 1. The van der Waals surface area contributed by atoms with Gasteiger partial charge in [0.15, 0.2) is 0 Å². The van der Waals surface area contributed by atoms with Crippen LogP contribution in [0.5, 0.6) is 0 Å². The lowest BCUT2D eigenvalue weighted by atomic mass is 9.95. The summed E-state index contributed by atoms with van der Waals surface area (Å²) in [6, 6.07) is 9.24. The maximum atomic E-state index is 12.5. The summed E-state index contributed by atoms with van der Waals surface area (Å²) >= 11 is 0. The van der Waals surface area contributed by atoms with Gasteiger partial charge in [0.2, 0.25) is 0 Å². The predicted octanol–water partition coefficient (Wildman–Crippen LogP) is 2.84. The van der Waals surface area contributed by atoms with Crippen molar-refractivity contribution in [2.75, 3.05) is 5.75 Å². The zero-order chi connectivity index (χ0) is 19.6. The molecule has 27 heavy (non-hydrogen) atoms. The largest absolute Gasteiger partial charge is 0.481 e. The van der Waals surface area contributed by atoms with Gasteiger partial charge in [-0.15, -0.1) is 0 Å². The third kappa shape index (κ3) is 7.71. The fourth-order valence-electron chi connectivity index (χ4n) is 3.58. The fraction of sp³-hybridized carbons (Fsp3) is 0.600. The van der Waals surface area contributed by atoms with Gasteiger partial charge in [-0.05, 0) is 37.7 Å². The van der Waals surface area contributed by atoms with Crippen LogP contribution in [-0.2, 0) is 22.0 Å². The monoisotopic (exact) mass is 394 g/mol. The highest BCUT2D eigenvalue weighted by Gasteiger charge is 2.27. The lowest BCUT2D eigenvalue weighted by Gasteiger charge is -2.30. The van der Waals surface area contributed by atoms with Crippen molar-refractivity contribution in [3.63, 3.8) is 0 Å². The van der Waals surface area contributed by atoms with Crippen LogP contribution in [-0.4, -0.2) is 44.4 Å². The summed E-state index contributed by atoms with van der Waals surface area (Å²) in [5, 5.41) is 15.1. The van der Waals surface area contributed by atoms with Gasteiger partial charge < -0.3 is 15.7 Å². The van der Waals surface area contributed by atoms with Crippen LogP contribution >= 0.6 is 0 Å². The van der Waals surface area contributed by atoms with Gasteiger partial charge >= 0.3 is 12.0 Å². The first-order chi connectivity index (χ1) is 13.0. The van der Waals surface area contributed by atoms with Crippen LogP contribution in [0.25, 0.3) is 0 Å². The second-order valence-corrected chi connectivity index (χ2v) is 9.10. The number of rotatable bonds is 9. The van der Waals surface area contributed by atoms with E-state index in [4.69, 9.17) is 5.11 Å². The Hall–Kier alpha value is -1.89. The summed E-state index contributed by atoms with van der Waals surface area (Å²) in [5.41, 5.74) is 1.06. The first-order valence-corrected chi connectivity index (χ1v) is 11.1. The molecule has 150 valence electrons. The van der Waals surface area contributed by atoms with Gasteiger partial charge in [0.05, 0.1) is 0 Å². The molecular weight excluding hydrogens is 364 g/mol. The van der Waals surface area contributed by atoms with Crippen LogP contribution < -0.4 is 10.6 Å². The molecule has 4 unspecified atom stereocenters. The molecular formula is C20H30N2O4S. The second kappa shape index (κ2) is 11.1. The van der Waals surface area contributed by atoms with Crippen molar-refractivity contribution in [3.05, 3.63) is 35.9 Å². The van der Waals surface area contributed by atoms with Crippen molar-refractivity contribution < 1.29 is 18.9 Å². The Labute approximate surface area is 163 Å². The number of hydrogen-bond acceptors (Lipinski definition) is 3. The van der Waals surface area contributed by atoms with Crippen molar-refractivity contribution >= 4 is 22.8 Å². The van der Waals surface area contributed by atoms with Gasteiger partial charge in [-0.25, -0.2) is 4.79 Å². The van der Waals surface area contributed by atoms with Gasteiger partial charge in [0.25, 0.3) is 0 Å². The third-order valence-corrected chi connectivity index (χ3v) is 6.73. The minimum atomic E-state index is -0.868. The number of carboxylic acids is 1. The Morgan fingerprint density at radius 1 is 1.26 bits per heavy atom. The Morgan fingerprint density at radius 3 is 2.67 bits per heavy atom. The Kier molecular flexibility index (Phi) is 8.78. The number of nitrogens with one attached hydrogen (secondary N) is 2. The molecule has 0 saturated heterocycles. The van der Waals surface area contributed by atoms with Gasteiger partial charge in [-0.1, -0.05) is 43.7 Å². The molecule has 7 heteroatoms. The van der Waals surface area contributed by atoms with E-state index in [1.807, 2.05) is 37.3 Å². The van der Waals surface area contributed by atoms with Crippen molar-refractivity contribution in [1.82, 2.24) is 10.6 Å². The third-order valence-electron chi connectivity index (χ3n) is 4.98. The number of carboxylic acid groups (broad SMARTS) is 1. The van der Waals surface area contributed by atoms with Crippen molar-refractivity contribution in [3.8, 4) is 0 Å². The standard InChI is InChI=1S/C20H30N2O4S/c1-2-27(26)18-10-6-9-16(14-18)21-20(25)22-17(11-12-19(23)24)13-15-7-4-3-5-8-15/h3-5,7-8,16-18H,2,6,9-14H2,1H3,(H,23,24)(H2,21,22,25). The fourth-order valence-corrected chi connectivity index (χ4v) is 4.93. The van der Waals surface area contributed by atoms with Gasteiger partial charge in [-0.2, -0.15) is 0 Å². The minimum absolute atomic E-state index is 0.0127. The molecule has 1 saturated carbocycles. The molecule has 0 radical (unpaired) electrons. The van der Waals surface area contributed by atoms with Crippen molar-refractivity contribution in [2.45, 2.75) is 69.2 Å². The second-order valence-electron chi connectivity index (χ2n) is 7.09. The Morgan fingerprint density at radius 2 is 2.00 bits per heavy atom. The molecule has 0 aliphatic heterocycles. The summed E-state index contributed by atoms with van der Waals surface area (Å²) in [6.07, 6.45) is 4.54. The van der Waals surface area contributed by atoms with Crippen LogP contribution in [0.3, 0.4) is 0 Å². The summed E-state index contributed by atoms with van der Waals surface area (Å²) in [7, 11) is -0.832. The maximum absolute atomic E-state index is 12.5. The average Bonchev–Trinajstić information content (AvgIpc) is 2.66. The maximum Gasteiger partial charge on any atom is 0.315 e. The number of hydrogen-bond donors (Lipinski definition) is 3. The molecule has 0 heterocycles. The first kappa shape index (κ1) is 21.4. The van der Waals surface area contributed by atoms with E-state index >= 15 is 0 Å². The molecule has 4 atom stereocenters. The topological polar surface area (TPSA) is 95.5 Å². The smallest absolute Gasteiger partial charge is 0.315 e. The number of carbonyl (C=O) groups is 2. The van der Waals surface area contributed by atoms with E-state index in [1.165, 1.54) is 0 Å². The summed E-state index contributed by atoms with van der Waals surface area (Å²) in [4.78, 5) is 23.4. The zero-order valence-electron chi connectivity index (χ0n) is 15.9. The molecule has 1 aromatic carbocycles. The zero-order valence-corrected chi connectivity index (χ0v) is 16.7. The van der Waals surface area contributed by atoms with E-state index in [1.54, 1.807) is 0 Å². The lowest BCUT2D eigenvalue weighted by molar-refractivity contribution is -0.137. The molecule has 3 N–H and O–H groups in total. The van der Waals surface area contributed by atoms with Crippen LogP contribution in [0, 0.1) is 0 Å². The van der Waals surface area contributed by atoms with Gasteiger partial charge in [0, 0.05) is 40.3 Å². The van der Waals surface area contributed by atoms with Gasteiger partial charge in [0.1, 0.15) is 0 Å². The van der Waals surface area contributed by atoms with Crippen LogP contribution in [0.1, 0.15) is 51.0 Å². The molecule has 0 bridgehead atoms. The molecule has 1 fully saturated rings. The summed E-state index contributed by atoms with van der Waals surface area (Å²) in [6.45, 7) is 1.93. The van der Waals surface area contributed by atoms with Crippen molar-refractivity contribution in [2.24, 2.45) is 0 Å². The quantitative estimate of drug-likeness (QED) is 0.600. The van der Waals surface area contributed by atoms with Crippen LogP contribution in [0.15, 0.2) is 30.3 Å². The molecule has 0 spiro atoms. The van der Waals surface area contributed by atoms with E-state index in [2.05, 4.69) is 10.6 Å². The average molecular weight is 395 g/mol. The summed E-state index contributed by atoms with van der Waals surface area (Å²) in [5.74, 6) is -0.217. The van der Waals surface area contributed by atoms with Crippen LogP contribution in [0.2, 0.25) is 0 Å². The SMILES string of the molecule is CCS(=O)C1CCCC(NC(=O)NC(CCC(=O)O)Cc2ccccc2)C1. The van der Waals surface area contributed by atoms with Crippen LogP contribution in [0.4, 0.5) is 4.79 Å². The molecule has 2 amide bonds. The molecule has 2 rings (SSSR count). The number of benzene rings is 1. The minimum Gasteiger partial charge on any atom is -0.481 e. The number of carbonyl (C=O) groups excluding carboxylic acids is 1. The number of amides is 2. The first-order valence-electron chi connectivity index (χ1n) is 9.67. The Balaban J connectivity index is 1.89. The van der Waals surface area contributed by atoms with E-state index < -0.39 is 16.8 Å². The molecule has 1 aliphatic carbocycles. The Bertz CT molecular complexity index is 638. The molecule has 1 aromatic rings. The molecule has 6 nitrogen and oxygen atoms in total. The molecule has 0 aromatic heterocycles. The van der Waals surface area contributed by atoms with E-state index in [9.17, 15) is 13.8 Å². The highest BCUT2D eigenvalue weighted by Crippen LogP contribution is 2.23. The van der Waals surface area contributed by atoms with E-state index in [-0.39, 0.29) is 29.8 Å². The lowest BCUT2D eigenvalue weighted by Crippen LogP contribution is -2.49. The highest BCUT2D eigenvalue weighted by molar-refractivity contribution is 7.85. The predicted molar refractivity (Wildman–Crippen MR) is 107 cm³/mol. The number of urea groups is 1.